The Morgan fingerprint density at radius 2 is 1.00 bits per heavy atom. The van der Waals surface area contributed by atoms with Gasteiger partial charge in [0.05, 0.1) is 0 Å². The maximum absolute atomic E-state index is 12.1. The van der Waals surface area contributed by atoms with Crippen molar-refractivity contribution in [3.05, 3.63) is 59.7 Å². The van der Waals surface area contributed by atoms with Crippen LogP contribution in [0.3, 0.4) is 0 Å². The van der Waals surface area contributed by atoms with Crippen molar-refractivity contribution in [3.8, 4) is 0 Å². The fourth-order valence-electron chi connectivity index (χ4n) is 3.13. The summed E-state index contributed by atoms with van der Waals surface area (Å²) in [4.78, 5) is 24.2. The van der Waals surface area contributed by atoms with Gasteiger partial charge >= 0.3 is 0 Å². The molecular weight excluding hydrogens is 360 g/mol. The lowest BCUT2D eigenvalue weighted by Crippen LogP contribution is -2.14. The van der Waals surface area contributed by atoms with E-state index in [1.54, 1.807) is 0 Å². The monoisotopic (exact) mass is 394 g/mol. The third-order valence-corrected chi connectivity index (χ3v) is 4.92. The summed E-state index contributed by atoms with van der Waals surface area (Å²) < 4.78 is 0. The van der Waals surface area contributed by atoms with Crippen molar-refractivity contribution < 1.29 is 9.59 Å². The Hall–Kier alpha value is -2.62. The largest absolute Gasteiger partial charge is 0.326 e. The van der Waals surface area contributed by atoms with E-state index in [1.807, 2.05) is 24.3 Å². The summed E-state index contributed by atoms with van der Waals surface area (Å²) in [6.45, 7) is 4.36. The first-order valence-electron chi connectivity index (χ1n) is 10.9. The average Bonchev–Trinajstić information content (AvgIpc) is 2.72. The van der Waals surface area contributed by atoms with E-state index in [0.717, 1.165) is 24.2 Å². The number of hydrogen-bond acceptors (Lipinski definition) is 2. The van der Waals surface area contributed by atoms with Gasteiger partial charge in [-0.3, -0.25) is 9.59 Å². The molecule has 2 N–H and O–H groups in total. The highest BCUT2D eigenvalue weighted by Gasteiger charge is 2.07. The van der Waals surface area contributed by atoms with Gasteiger partial charge in [0.15, 0.2) is 0 Å². The second-order valence-corrected chi connectivity index (χ2v) is 7.55. The maximum Gasteiger partial charge on any atom is 0.224 e. The summed E-state index contributed by atoms with van der Waals surface area (Å²) in [5, 5.41) is 5.80. The number of anilines is 2. The highest BCUT2D eigenvalue weighted by atomic mass is 16.2. The summed E-state index contributed by atoms with van der Waals surface area (Å²) in [6.07, 6.45) is 8.05. The molecule has 0 fully saturated rings. The third-order valence-electron chi connectivity index (χ3n) is 4.92. The SMILES string of the molecule is CCCCc1ccc(NC(=O)CCCC(=O)Nc2ccc(CCCC)cc2)cc1. The molecule has 0 spiro atoms. The van der Waals surface area contributed by atoms with Gasteiger partial charge in [0, 0.05) is 24.2 Å². The Balaban J connectivity index is 1.66. The van der Waals surface area contributed by atoms with Crippen LogP contribution in [0.2, 0.25) is 0 Å². The zero-order valence-electron chi connectivity index (χ0n) is 17.8. The first-order chi connectivity index (χ1) is 14.1. The minimum Gasteiger partial charge on any atom is -0.326 e. The van der Waals surface area contributed by atoms with Crippen molar-refractivity contribution in [2.24, 2.45) is 0 Å². The molecule has 0 aliphatic carbocycles. The highest BCUT2D eigenvalue weighted by Crippen LogP contribution is 2.14. The molecule has 4 heteroatoms. The smallest absolute Gasteiger partial charge is 0.224 e. The number of carbonyl (C=O) groups is 2. The van der Waals surface area contributed by atoms with E-state index in [0.29, 0.717) is 19.3 Å². The second-order valence-electron chi connectivity index (χ2n) is 7.55. The van der Waals surface area contributed by atoms with Crippen LogP contribution in [0.25, 0.3) is 0 Å². The lowest BCUT2D eigenvalue weighted by atomic mass is 10.1. The van der Waals surface area contributed by atoms with Crippen molar-refractivity contribution in [2.45, 2.75) is 71.6 Å². The van der Waals surface area contributed by atoms with E-state index in [1.165, 1.54) is 36.8 Å². The minimum absolute atomic E-state index is 0.0561. The van der Waals surface area contributed by atoms with Crippen molar-refractivity contribution in [1.29, 1.82) is 0 Å². The van der Waals surface area contributed by atoms with Gasteiger partial charge in [-0.2, -0.15) is 0 Å². The van der Waals surface area contributed by atoms with Gasteiger partial charge in [-0.05, 0) is 67.5 Å². The molecule has 0 radical (unpaired) electrons. The molecule has 0 heterocycles. The number of aryl methyl sites for hydroxylation is 2. The molecule has 0 aliphatic heterocycles. The van der Waals surface area contributed by atoms with Gasteiger partial charge in [0.25, 0.3) is 0 Å². The van der Waals surface area contributed by atoms with Crippen molar-refractivity contribution in [3.63, 3.8) is 0 Å². The molecule has 2 aromatic rings. The van der Waals surface area contributed by atoms with Crippen molar-refractivity contribution in [2.75, 3.05) is 10.6 Å². The molecule has 0 atom stereocenters. The van der Waals surface area contributed by atoms with Gasteiger partial charge < -0.3 is 10.6 Å². The predicted molar refractivity (Wildman–Crippen MR) is 121 cm³/mol. The predicted octanol–water partition coefficient (Wildman–Crippen LogP) is 6.12. The number of amides is 2. The topological polar surface area (TPSA) is 58.2 Å². The molecule has 0 bridgehead atoms. The number of hydrogen-bond donors (Lipinski definition) is 2. The number of rotatable bonds is 12. The summed E-state index contributed by atoms with van der Waals surface area (Å²) in [5.41, 5.74) is 4.20. The Kier molecular flexibility index (Phi) is 9.98. The molecule has 0 aliphatic rings. The van der Waals surface area contributed by atoms with E-state index in [9.17, 15) is 9.59 Å². The summed E-state index contributed by atoms with van der Waals surface area (Å²) in [5.74, 6) is -0.112. The van der Waals surface area contributed by atoms with E-state index in [-0.39, 0.29) is 11.8 Å². The zero-order chi connectivity index (χ0) is 20.9. The van der Waals surface area contributed by atoms with Crippen LogP contribution >= 0.6 is 0 Å². The first-order valence-corrected chi connectivity index (χ1v) is 10.9. The second kappa shape index (κ2) is 12.8. The van der Waals surface area contributed by atoms with Crippen LogP contribution in [-0.4, -0.2) is 11.8 Å². The quantitative estimate of drug-likeness (QED) is 0.456. The lowest BCUT2D eigenvalue weighted by Gasteiger charge is -2.08. The van der Waals surface area contributed by atoms with E-state index >= 15 is 0 Å². The molecule has 0 unspecified atom stereocenters. The normalized spacial score (nSPS) is 10.6. The maximum atomic E-state index is 12.1. The van der Waals surface area contributed by atoms with Crippen LogP contribution in [0.5, 0.6) is 0 Å². The molecule has 4 nitrogen and oxygen atoms in total. The van der Waals surface area contributed by atoms with Gasteiger partial charge in [-0.1, -0.05) is 51.0 Å². The zero-order valence-corrected chi connectivity index (χ0v) is 17.8. The van der Waals surface area contributed by atoms with E-state index in [2.05, 4.69) is 48.7 Å². The van der Waals surface area contributed by atoms with Crippen LogP contribution in [0.1, 0.15) is 69.9 Å². The standard InChI is InChI=1S/C25H34N2O2/c1-3-5-8-20-12-16-22(17-13-20)26-24(28)10-7-11-25(29)27-23-18-14-21(15-19-23)9-6-4-2/h12-19H,3-11H2,1-2H3,(H,26,28)(H,27,29). The number of carbonyl (C=O) groups excluding carboxylic acids is 2. The number of benzene rings is 2. The summed E-state index contributed by atoms with van der Waals surface area (Å²) in [6, 6.07) is 16.0. The molecule has 2 aromatic carbocycles. The van der Waals surface area contributed by atoms with Crippen LogP contribution in [0.15, 0.2) is 48.5 Å². The summed E-state index contributed by atoms with van der Waals surface area (Å²) >= 11 is 0. The molecule has 0 saturated heterocycles. The minimum atomic E-state index is -0.0561. The molecular formula is C25H34N2O2. The van der Waals surface area contributed by atoms with Crippen LogP contribution < -0.4 is 10.6 Å². The Labute approximate surface area is 175 Å². The fraction of sp³-hybridized carbons (Fsp3) is 0.440. The molecule has 0 aromatic heterocycles. The van der Waals surface area contributed by atoms with Crippen LogP contribution in [-0.2, 0) is 22.4 Å². The Morgan fingerprint density at radius 1 is 0.621 bits per heavy atom. The molecule has 2 rings (SSSR count). The van der Waals surface area contributed by atoms with Crippen LogP contribution in [0, 0.1) is 0 Å². The van der Waals surface area contributed by atoms with E-state index < -0.39 is 0 Å². The molecule has 2 amide bonds. The Morgan fingerprint density at radius 3 is 1.34 bits per heavy atom. The third kappa shape index (κ3) is 8.95. The number of unbranched alkanes of at least 4 members (excludes halogenated alkanes) is 2. The fourth-order valence-corrected chi connectivity index (χ4v) is 3.13. The average molecular weight is 395 g/mol. The molecule has 29 heavy (non-hydrogen) atoms. The van der Waals surface area contributed by atoms with Gasteiger partial charge in [0.1, 0.15) is 0 Å². The van der Waals surface area contributed by atoms with Crippen molar-refractivity contribution in [1.82, 2.24) is 0 Å². The van der Waals surface area contributed by atoms with Gasteiger partial charge in [-0.15, -0.1) is 0 Å². The lowest BCUT2D eigenvalue weighted by molar-refractivity contribution is -0.117. The van der Waals surface area contributed by atoms with Gasteiger partial charge in [0.2, 0.25) is 11.8 Å². The van der Waals surface area contributed by atoms with E-state index in [4.69, 9.17) is 0 Å². The van der Waals surface area contributed by atoms with Crippen LogP contribution in [0.4, 0.5) is 11.4 Å². The van der Waals surface area contributed by atoms with Crippen molar-refractivity contribution >= 4 is 23.2 Å². The first kappa shape index (κ1) is 22.7. The highest BCUT2D eigenvalue weighted by molar-refractivity contribution is 5.93. The summed E-state index contributed by atoms with van der Waals surface area (Å²) in [7, 11) is 0. The number of nitrogens with one attached hydrogen (secondary N) is 2. The molecule has 156 valence electrons. The van der Waals surface area contributed by atoms with Gasteiger partial charge in [-0.25, -0.2) is 0 Å². The Bertz CT molecular complexity index is 686. The molecule has 0 saturated carbocycles.